The molecule has 0 atom stereocenters. The largest absolute Gasteiger partial charge is 0.285 e. The van der Waals surface area contributed by atoms with Gasteiger partial charge in [0.25, 0.3) is 5.69 Å². The number of aryl methyl sites for hydroxylation is 1. The smallest absolute Gasteiger partial charge is 0.258 e. The average Bonchev–Trinajstić information content (AvgIpc) is 1.82. The lowest BCUT2D eigenvalue weighted by molar-refractivity contribution is -0.388. The molecule has 5 heteroatoms. The first kappa shape index (κ1) is 9.79. The number of hydrogen-bond donors (Lipinski definition) is 1. The molecular weight excluding hydrogens is 289 g/mol. The van der Waals surface area contributed by atoms with Crippen LogP contribution >= 0.6 is 35.2 Å². The fourth-order valence-corrected chi connectivity index (χ4v) is 2.38. The first-order valence-electron chi connectivity index (χ1n) is 3.16. The molecule has 0 saturated heterocycles. The summed E-state index contributed by atoms with van der Waals surface area (Å²) in [4.78, 5) is 10.5. The van der Waals surface area contributed by atoms with Crippen molar-refractivity contribution < 1.29 is 4.92 Å². The Labute approximate surface area is 88.9 Å². The summed E-state index contributed by atoms with van der Waals surface area (Å²) in [5.74, 6) is 0. The summed E-state index contributed by atoms with van der Waals surface area (Å²) >= 11 is 6.13. The monoisotopic (exact) mass is 295 g/mol. The number of nitrogens with zero attached hydrogens (tertiary/aromatic N) is 1. The van der Waals surface area contributed by atoms with E-state index in [1.807, 2.05) is 0 Å². The molecule has 0 saturated carbocycles. The molecule has 0 bridgehead atoms. The SMILES string of the molecule is Cc1cc(I)cc(S)c1[N+](=O)[O-]. The Morgan fingerprint density at radius 3 is 2.58 bits per heavy atom. The van der Waals surface area contributed by atoms with E-state index in [0.717, 1.165) is 3.57 Å². The van der Waals surface area contributed by atoms with Crippen LogP contribution in [0.25, 0.3) is 0 Å². The quantitative estimate of drug-likeness (QED) is 0.375. The lowest BCUT2D eigenvalue weighted by Crippen LogP contribution is -1.93. The minimum Gasteiger partial charge on any atom is -0.258 e. The number of thiol groups is 1. The number of hydrogen-bond acceptors (Lipinski definition) is 3. The molecule has 1 aromatic rings. The van der Waals surface area contributed by atoms with E-state index >= 15 is 0 Å². The van der Waals surface area contributed by atoms with Gasteiger partial charge in [0.05, 0.1) is 9.82 Å². The van der Waals surface area contributed by atoms with Crippen LogP contribution in [0.5, 0.6) is 0 Å². The van der Waals surface area contributed by atoms with Gasteiger partial charge in [-0.3, -0.25) is 10.1 Å². The van der Waals surface area contributed by atoms with E-state index in [4.69, 9.17) is 0 Å². The maximum atomic E-state index is 10.5. The Bertz CT molecular complexity index is 317. The summed E-state index contributed by atoms with van der Waals surface area (Å²) in [6.45, 7) is 1.71. The summed E-state index contributed by atoms with van der Waals surface area (Å²) < 4.78 is 0.959. The molecule has 0 radical (unpaired) electrons. The standard InChI is InChI=1S/C7H6INO2S/c1-4-2-5(8)3-6(12)7(4)9(10)11/h2-3,12H,1H3. The van der Waals surface area contributed by atoms with E-state index in [0.29, 0.717) is 10.5 Å². The van der Waals surface area contributed by atoms with Crippen LogP contribution in [0, 0.1) is 20.6 Å². The Balaban J connectivity index is 3.38. The zero-order valence-electron chi connectivity index (χ0n) is 6.24. The molecule has 0 N–H and O–H groups in total. The van der Waals surface area contributed by atoms with Crippen LogP contribution in [0.15, 0.2) is 17.0 Å². The van der Waals surface area contributed by atoms with Gasteiger partial charge in [0.2, 0.25) is 0 Å². The highest BCUT2D eigenvalue weighted by Gasteiger charge is 2.14. The van der Waals surface area contributed by atoms with Gasteiger partial charge in [-0.05, 0) is 41.6 Å². The summed E-state index contributed by atoms with van der Waals surface area (Å²) in [5, 5.41) is 10.5. The lowest BCUT2D eigenvalue weighted by Gasteiger charge is -2.00. The first-order chi connectivity index (χ1) is 5.52. The lowest BCUT2D eigenvalue weighted by atomic mass is 10.2. The van der Waals surface area contributed by atoms with E-state index in [1.165, 1.54) is 0 Å². The van der Waals surface area contributed by atoms with Gasteiger partial charge in [-0.15, -0.1) is 12.6 Å². The summed E-state index contributed by atoms with van der Waals surface area (Å²) in [5.41, 5.74) is 0.746. The molecule has 0 aliphatic carbocycles. The molecule has 0 unspecified atom stereocenters. The second-order valence-electron chi connectivity index (χ2n) is 2.35. The van der Waals surface area contributed by atoms with Crippen molar-refractivity contribution in [2.75, 3.05) is 0 Å². The molecule has 3 nitrogen and oxygen atoms in total. The summed E-state index contributed by atoms with van der Waals surface area (Å²) in [6, 6.07) is 3.44. The highest BCUT2D eigenvalue weighted by Crippen LogP contribution is 2.28. The molecule has 0 fully saturated rings. The van der Waals surface area contributed by atoms with E-state index in [2.05, 4.69) is 35.2 Å². The highest BCUT2D eigenvalue weighted by molar-refractivity contribution is 14.1. The number of benzene rings is 1. The Morgan fingerprint density at radius 1 is 1.58 bits per heavy atom. The third-order valence-electron chi connectivity index (χ3n) is 1.43. The molecular formula is C7H6INO2S. The van der Waals surface area contributed by atoms with Crippen molar-refractivity contribution in [1.82, 2.24) is 0 Å². The van der Waals surface area contributed by atoms with E-state index < -0.39 is 4.92 Å². The van der Waals surface area contributed by atoms with Gasteiger partial charge in [0.15, 0.2) is 0 Å². The fraction of sp³-hybridized carbons (Fsp3) is 0.143. The number of nitro groups is 1. The zero-order chi connectivity index (χ0) is 9.30. The number of rotatable bonds is 1. The second kappa shape index (κ2) is 3.61. The van der Waals surface area contributed by atoms with Crippen LogP contribution in [0.4, 0.5) is 5.69 Å². The van der Waals surface area contributed by atoms with Gasteiger partial charge in [-0.25, -0.2) is 0 Å². The third kappa shape index (κ3) is 1.89. The molecule has 64 valence electrons. The molecule has 1 rings (SSSR count). The normalized spacial score (nSPS) is 9.92. The predicted molar refractivity (Wildman–Crippen MR) is 57.8 cm³/mol. The summed E-state index contributed by atoms with van der Waals surface area (Å²) in [6.07, 6.45) is 0. The van der Waals surface area contributed by atoms with Crippen molar-refractivity contribution in [1.29, 1.82) is 0 Å². The van der Waals surface area contributed by atoms with Crippen molar-refractivity contribution in [2.45, 2.75) is 11.8 Å². The number of nitro benzene ring substituents is 1. The van der Waals surface area contributed by atoms with Crippen molar-refractivity contribution >= 4 is 40.9 Å². The van der Waals surface area contributed by atoms with Gasteiger partial charge < -0.3 is 0 Å². The average molecular weight is 295 g/mol. The Morgan fingerprint density at radius 2 is 2.17 bits per heavy atom. The Kier molecular flexibility index (Phi) is 2.94. The van der Waals surface area contributed by atoms with Crippen molar-refractivity contribution in [3.8, 4) is 0 Å². The zero-order valence-corrected chi connectivity index (χ0v) is 9.30. The topological polar surface area (TPSA) is 43.1 Å². The molecule has 0 amide bonds. The van der Waals surface area contributed by atoms with E-state index in [-0.39, 0.29) is 5.69 Å². The maximum Gasteiger partial charge on any atom is 0.285 e. The molecule has 0 aliphatic rings. The van der Waals surface area contributed by atoms with Crippen LogP contribution in [-0.2, 0) is 0 Å². The van der Waals surface area contributed by atoms with Gasteiger partial charge >= 0.3 is 0 Å². The van der Waals surface area contributed by atoms with Gasteiger partial charge in [-0.2, -0.15) is 0 Å². The molecule has 0 aromatic heterocycles. The molecule has 0 spiro atoms. The van der Waals surface area contributed by atoms with Gasteiger partial charge in [-0.1, -0.05) is 0 Å². The second-order valence-corrected chi connectivity index (χ2v) is 4.07. The highest BCUT2D eigenvalue weighted by atomic mass is 127. The van der Waals surface area contributed by atoms with Crippen molar-refractivity contribution in [3.63, 3.8) is 0 Å². The van der Waals surface area contributed by atoms with Crippen LogP contribution in [0.3, 0.4) is 0 Å². The minimum atomic E-state index is -0.409. The van der Waals surface area contributed by atoms with Crippen molar-refractivity contribution in [2.24, 2.45) is 0 Å². The van der Waals surface area contributed by atoms with Crippen LogP contribution in [-0.4, -0.2) is 4.92 Å². The van der Waals surface area contributed by atoms with Crippen LogP contribution in [0.2, 0.25) is 0 Å². The Hall–Kier alpha value is -0.300. The van der Waals surface area contributed by atoms with Gasteiger partial charge in [0.1, 0.15) is 0 Å². The van der Waals surface area contributed by atoms with Crippen LogP contribution < -0.4 is 0 Å². The third-order valence-corrected chi connectivity index (χ3v) is 2.39. The fourth-order valence-electron chi connectivity index (χ4n) is 0.955. The molecule has 0 heterocycles. The number of halogens is 1. The molecule has 0 aliphatic heterocycles. The maximum absolute atomic E-state index is 10.5. The minimum absolute atomic E-state index is 0.0961. The first-order valence-corrected chi connectivity index (χ1v) is 4.68. The van der Waals surface area contributed by atoms with Crippen molar-refractivity contribution in [3.05, 3.63) is 31.4 Å². The molecule has 1 aromatic carbocycles. The summed E-state index contributed by atoms with van der Waals surface area (Å²) in [7, 11) is 0. The van der Waals surface area contributed by atoms with Gasteiger partial charge in [0, 0.05) is 9.13 Å². The van der Waals surface area contributed by atoms with E-state index in [9.17, 15) is 10.1 Å². The molecule has 12 heavy (non-hydrogen) atoms. The predicted octanol–water partition coefficient (Wildman–Crippen LogP) is 2.80. The van der Waals surface area contributed by atoms with E-state index in [1.54, 1.807) is 19.1 Å². The van der Waals surface area contributed by atoms with Crippen LogP contribution in [0.1, 0.15) is 5.56 Å².